The van der Waals surface area contributed by atoms with E-state index >= 15 is 0 Å². The number of hydrogen-bond donors (Lipinski definition) is 6. The normalized spacial score (nSPS) is 15.0. The van der Waals surface area contributed by atoms with Gasteiger partial charge in [-0.25, -0.2) is 0 Å². The smallest absolute Gasteiger partial charge is 0.325 e. The van der Waals surface area contributed by atoms with Gasteiger partial charge < -0.3 is 31.8 Å². The molecular weight excluding hydrogens is 498 g/mol. The molecule has 0 saturated heterocycles. The van der Waals surface area contributed by atoms with E-state index in [1.807, 2.05) is 74.6 Å². The van der Waals surface area contributed by atoms with Crippen LogP contribution < -0.4 is 21.7 Å². The van der Waals surface area contributed by atoms with E-state index in [9.17, 15) is 24.3 Å². The van der Waals surface area contributed by atoms with Gasteiger partial charge in [0, 0.05) is 23.5 Å². The fourth-order valence-electron chi connectivity index (χ4n) is 4.29. The summed E-state index contributed by atoms with van der Waals surface area (Å²) < 4.78 is 0. The van der Waals surface area contributed by atoms with Crippen molar-refractivity contribution in [3.63, 3.8) is 0 Å². The lowest BCUT2D eigenvalue weighted by atomic mass is 9.96. The van der Waals surface area contributed by atoms with Gasteiger partial charge in [0.2, 0.25) is 17.7 Å². The maximum atomic E-state index is 13.5. The second-order valence-corrected chi connectivity index (χ2v) is 9.86. The van der Waals surface area contributed by atoms with Gasteiger partial charge in [-0.2, -0.15) is 0 Å². The van der Waals surface area contributed by atoms with E-state index in [1.54, 1.807) is 0 Å². The standard InChI is InChI=1S/C29H37N5O5/c1-4-17(2)25(34-26(35)22(30)15-20-16-31-23-13-9-8-12-21(20)23)28(37)33-24(14-19-10-6-5-7-11-19)27(36)32-18(3)29(38)39/h5-13,16-18,22,24-25,31H,4,14-15,30H2,1-3H3,(H,32,36)(H,33,37)(H,34,35)(H,38,39). The first-order valence-electron chi connectivity index (χ1n) is 13.1. The van der Waals surface area contributed by atoms with E-state index in [1.165, 1.54) is 6.92 Å². The highest BCUT2D eigenvalue weighted by molar-refractivity contribution is 5.94. The molecule has 10 nitrogen and oxygen atoms in total. The van der Waals surface area contributed by atoms with Gasteiger partial charge in [-0.1, -0.05) is 68.8 Å². The first kappa shape index (κ1) is 29.4. The molecular formula is C29H37N5O5. The van der Waals surface area contributed by atoms with E-state index in [-0.39, 0.29) is 18.8 Å². The van der Waals surface area contributed by atoms with Gasteiger partial charge in [-0.3, -0.25) is 19.2 Å². The largest absolute Gasteiger partial charge is 0.480 e. The topological polar surface area (TPSA) is 166 Å². The van der Waals surface area contributed by atoms with Crippen LogP contribution in [0.2, 0.25) is 0 Å². The predicted molar refractivity (Wildman–Crippen MR) is 149 cm³/mol. The van der Waals surface area contributed by atoms with Crippen molar-refractivity contribution in [2.45, 2.75) is 64.2 Å². The Bertz CT molecular complexity index is 1290. The first-order chi connectivity index (χ1) is 18.6. The van der Waals surface area contributed by atoms with Crippen LogP contribution in [-0.4, -0.2) is 57.9 Å². The molecule has 0 saturated carbocycles. The minimum absolute atomic E-state index is 0.145. The zero-order valence-electron chi connectivity index (χ0n) is 22.4. The third-order valence-electron chi connectivity index (χ3n) is 6.89. The summed E-state index contributed by atoms with van der Waals surface area (Å²) in [5.41, 5.74) is 8.87. The molecule has 5 atom stereocenters. The van der Waals surface area contributed by atoms with Crippen LogP contribution in [0.25, 0.3) is 10.9 Å². The Balaban J connectivity index is 1.74. The number of amides is 3. The Morgan fingerprint density at radius 3 is 2.21 bits per heavy atom. The van der Waals surface area contributed by atoms with Crippen LogP contribution in [0, 0.1) is 5.92 Å². The average Bonchev–Trinajstić information content (AvgIpc) is 3.33. The molecule has 0 aliphatic heterocycles. The number of aromatic nitrogens is 1. The summed E-state index contributed by atoms with van der Waals surface area (Å²) in [5, 5.41) is 18.1. The summed E-state index contributed by atoms with van der Waals surface area (Å²) in [6.45, 7) is 5.07. The summed E-state index contributed by atoms with van der Waals surface area (Å²) in [5.74, 6) is -3.11. The predicted octanol–water partition coefficient (Wildman–Crippen LogP) is 1.89. The molecule has 3 amide bonds. The number of aromatic amines is 1. The first-order valence-corrected chi connectivity index (χ1v) is 13.1. The van der Waals surface area contributed by atoms with Gasteiger partial charge in [0.05, 0.1) is 6.04 Å². The van der Waals surface area contributed by atoms with Gasteiger partial charge in [0.25, 0.3) is 0 Å². The molecule has 1 aromatic heterocycles. The lowest BCUT2D eigenvalue weighted by Gasteiger charge is -2.28. The van der Waals surface area contributed by atoms with Crippen LogP contribution in [0.15, 0.2) is 60.8 Å². The van der Waals surface area contributed by atoms with Crippen molar-refractivity contribution >= 4 is 34.6 Å². The highest BCUT2D eigenvalue weighted by Crippen LogP contribution is 2.19. The number of nitrogens with one attached hydrogen (secondary N) is 4. The lowest BCUT2D eigenvalue weighted by molar-refractivity contribution is -0.141. The van der Waals surface area contributed by atoms with Crippen LogP contribution >= 0.6 is 0 Å². The molecule has 208 valence electrons. The van der Waals surface area contributed by atoms with Crippen LogP contribution in [0.1, 0.15) is 38.3 Å². The maximum Gasteiger partial charge on any atom is 0.325 e. The fraction of sp³-hybridized carbons (Fsp3) is 0.379. The third-order valence-corrected chi connectivity index (χ3v) is 6.89. The molecule has 2 aromatic carbocycles. The zero-order chi connectivity index (χ0) is 28.5. The van der Waals surface area contributed by atoms with Crippen LogP contribution in [0.3, 0.4) is 0 Å². The minimum atomic E-state index is -1.19. The van der Waals surface area contributed by atoms with E-state index in [0.717, 1.165) is 22.0 Å². The second-order valence-electron chi connectivity index (χ2n) is 9.86. The molecule has 0 bridgehead atoms. The molecule has 0 fully saturated rings. The Kier molecular flexibility index (Phi) is 10.2. The molecule has 3 aromatic rings. The summed E-state index contributed by atoms with van der Waals surface area (Å²) in [6.07, 6.45) is 2.83. The van der Waals surface area contributed by atoms with E-state index in [4.69, 9.17) is 5.73 Å². The summed E-state index contributed by atoms with van der Waals surface area (Å²) >= 11 is 0. The third kappa shape index (κ3) is 7.90. The number of benzene rings is 2. The van der Waals surface area contributed by atoms with Crippen molar-refractivity contribution in [2.24, 2.45) is 11.7 Å². The molecule has 39 heavy (non-hydrogen) atoms. The molecule has 0 aliphatic rings. The van der Waals surface area contributed by atoms with Crippen molar-refractivity contribution in [2.75, 3.05) is 0 Å². The summed E-state index contributed by atoms with van der Waals surface area (Å²) in [7, 11) is 0. The molecule has 3 rings (SSSR count). The van der Waals surface area contributed by atoms with Gasteiger partial charge in [-0.05, 0) is 36.5 Å². The minimum Gasteiger partial charge on any atom is -0.480 e. The van der Waals surface area contributed by atoms with Crippen molar-refractivity contribution in [3.05, 3.63) is 71.9 Å². The highest BCUT2D eigenvalue weighted by Gasteiger charge is 2.32. The zero-order valence-corrected chi connectivity index (χ0v) is 22.4. The van der Waals surface area contributed by atoms with E-state index in [0.29, 0.717) is 6.42 Å². The SMILES string of the molecule is CCC(C)C(NC(=O)C(N)Cc1c[nH]c2ccccc12)C(=O)NC(Cc1ccccc1)C(=O)NC(C)C(=O)O. The maximum absolute atomic E-state index is 13.5. The number of carboxylic acids is 1. The van der Waals surface area contributed by atoms with Crippen molar-refractivity contribution in [1.29, 1.82) is 0 Å². The van der Waals surface area contributed by atoms with Crippen molar-refractivity contribution < 1.29 is 24.3 Å². The highest BCUT2D eigenvalue weighted by atomic mass is 16.4. The van der Waals surface area contributed by atoms with Crippen LogP contribution in [0.5, 0.6) is 0 Å². The summed E-state index contributed by atoms with van der Waals surface area (Å²) in [6, 6.07) is 12.7. The molecule has 10 heteroatoms. The van der Waals surface area contributed by atoms with E-state index < -0.39 is 47.9 Å². The Hall–Kier alpha value is -4.18. The number of para-hydroxylation sites is 1. The number of nitrogens with two attached hydrogens (primary N) is 1. The van der Waals surface area contributed by atoms with Crippen LogP contribution in [-0.2, 0) is 32.0 Å². The molecule has 1 heterocycles. The molecule has 0 aliphatic carbocycles. The lowest BCUT2D eigenvalue weighted by Crippen LogP contribution is -2.59. The second kappa shape index (κ2) is 13.6. The van der Waals surface area contributed by atoms with Gasteiger partial charge in [-0.15, -0.1) is 0 Å². The Labute approximate surface area is 227 Å². The molecule has 7 N–H and O–H groups in total. The molecule has 0 spiro atoms. The number of aliphatic carboxylic acids is 1. The Morgan fingerprint density at radius 2 is 1.54 bits per heavy atom. The number of carbonyl (C=O) groups is 4. The quantitative estimate of drug-likeness (QED) is 0.195. The van der Waals surface area contributed by atoms with Gasteiger partial charge >= 0.3 is 5.97 Å². The van der Waals surface area contributed by atoms with Crippen molar-refractivity contribution in [1.82, 2.24) is 20.9 Å². The average molecular weight is 536 g/mol. The number of rotatable bonds is 13. The fourth-order valence-corrected chi connectivity index (χ4v) is 4.29. The van der Waals surface area contributed by atoms with Crippen LogP contribution in [0.4, 0.5) is 0 Å². The number of carboxylic acid groups (broad SMARTS) is 1. The number of H-pyrrole nitrogens is 1. The van der Waals surface area contributed by atoms with Crippen molar-refractivity contribution in [3.8, 4) is 0 Å². The number of carbonyl (C=O) groups excluding carboxylic acids is 3. The van der Waals surface area contributed by atoms with E-state index in [2.05, 4.69) is 20.9 Å². The monoisotopic (exact) mass is 535 g/mol. The molecule has 0 radical (unpaired) electrons. The number of hydrogen-bond acceptors (Lipinski definition) is 5. The van der Waals surface area contributed by atoms with Gasteiger partial charge in [0.15, 0.2) is 0 Å². The Morgan fingerprint density at radius 1 is 0.872 bits per heavy atom. The molecule has 5 unspecified atom stereocenters. The summed E-state index contributed by atoms with van der Waals surface area (Å²) in [4.78, 5) is 54.0. The number of fused-ring (bicyclic) bond motifs is 1. The van der Waals surface area contributed by atoms with Gasteiger partial charge in [0.1, 0.15) is 18.1 Å².